The summed E-state index contributed by atoms with van der Waals surface area (Å²) in [5.74, 6) is 1.22. The fourth-order valence-electron chi connectivity index (χ4n) is 2.88. The second-order valence-electron chi connectivity index (χ2n) is 5.57. The second kappa shape index (κ2) is 7.75. The van der Waals surface area contributed by atoms with Crippen molar-refractivity contribution in [3.8, 4) is 0 Å². The summed E-state index contributed by atoms with van der Waals surface area (Å²) < 4.78 is 27.4. The van der Waals surface area contributed by atoms with Crippen molar-refractivity contribution < 1.29 is 8.42 Å². The van der Waals surface area contributed by atoms with E-state index in [-0.39, 0.29) is 4.90 Å². The maximum atomic E-state index is 12.3. The predicted octanol–water partition coefficient (Wildman–Crippen LogP) is 2.76. The normalized spacial score (nSPS) is 16.2. The van der Waals surface area contributed by atoms with Crippen LogP contribution in [0.5, 0.6) is 0 Å². The molecule has 1 heterocycles. The summed E-state index contributed by atoms with van der Waals surface area (Å²) in [6.45, 7) is 3.06. The summed E-state index contributed by atoms with van der Waals surface area (Å²) in [4.78, 5) is 4.33. The van der Waals surface area contributed by atoms with Crippen molar-refractivity contribution in [1.29, 1.82) is 0 Å². The van der Waals surface area contributed by atoms with Crippen molar-refractivity contribution in [3.63, 3.8) is 0 Å². The van der Waals surface area contributed by atoms with E-state index in [0.717, 1.165) is 18.8 Å². The van der Waals surface area contributed by atoms with Gasteiger partial charge in [-0.25, -0.2) is 18.1 Å². The summed E-state index contributed by atoms with van der Waals surface area (Å²) in [6, 6.07) is 3.23. The molecule has 0 aliphatic heterocycles. The van der Waals surface area contributed by atoms with Gasteiger partial charge in [-0.2, -0.15) is 0 Å². The fraction of sp³-hybridized carbons (Fsp3) is 0.667. The number of hydrogen-bond acceptors (Lipinski definition) is 4. The van der Waals surface area contributed by atoms with E-state index in [1.54, 1.807) is 18.3 Å². The zero-order valence-electron chi connectivity index (χ0n) is 12.6. The van der Waals surface area contributed by atoms with Gasteiger partial charge in [0.25, 0.3) is 0 Å². The highest BCUT2D eigenvalue weighted by Gasteiger charge is 2.19. The van der Waals surface area contributed by atoms with E-state index < -0.39 is 10.0 Å². The third kappa shape index (κ3) is 4.68. The Labute approximate surface area is 127 Å². The third-order valence-corrected chi connectivity index (χ3v) is 5.45. The molecule has 0 atom stereocenters. The molecule has 1 fully saturated rings. The molecule has 0 radical (unpaired) electrons. The number of rotatable bonds is 8. The van der Waals surface area contributed by atoms with Gasteiger partial charge in [-0.15, -0.1) is 0 Å². The van der Waals surface area contributed by atoms with Gasteiger partial charge in [-0.3, -0.25) is 0 Å². The molecule has 0 aromatic carbocycles. The van der Waals surface area contributed by atoms with E-state index in [2.05, 4.69) is 15.0 Å². The maximum Gasteiger partial charge on any atom is 0.244 e. The molecule has 0 amide bonds. The first-order valence-corrected chi connectivity index (χ1v) is 9.30. The highest BCUT2D eigenvalue weighted by atomic mass is 32.2. The monoisotopic (exact) mass is 311 g/mol. The smallest absolute Gasteiger partial charge is 0.244 e. The van der Waals surface area contributed by atoms with E-state index in [0.29, 0.717) is 18.9 Å². The summed E-state index contributed by atoms with van der Waals surface area (Å²) in [5, 5.41) is 2.99. The van der Waals surface area contributed by atoms with Gasteiger partial charge in [0, 0.05) is 19.3 Å². The molecule has 6 heteroatoms. The van der Waals surface area contributed by atoms with Crippen LogP contribution in [0.2, 0.25) is 0 Å². The minimum atomic E-state index is -3.48. The van der Waals surface area contributed by atoms with Crippen LogP contribution < -0.4 is 10.0 Å². The Morgan fingerprint density at radius 2 is 2.10 bits per heavy atom. The Kier molecular flexibility index (Phi) is 5.99. The van der Waals surface area contributed by atoms with Crippen molar-refractivity contribution in [3.05, 3.63) is 18.3 Å². The average molecular weight is 311 g/mol. The van der Waals surface area contributed by atoms with Crippen molar-refractivity contribution in [2.24, 2.45) is 5.92 Å². The number of sulfonamides is 1. The molecule has 1 aliphatic rings. The highest BCUT2D eigenvalue weighted by molar-refractivity contribution is 7.89. The molecule has 0 bridgehead atoms. The molecular weight excluding hydrogens is 286 g/mol. The predicted molar refractivity (Wildman–Crippen MR) is 84.8 cm³/mol. The second-order valence-corrected chi connectivity index (χ2v) is 7.31. The van der Waals surface area contributed by atoms with Gasteiger partial charge in [0.05, 0.1) is 0 Å². The zero-order chi connectivity index (χ0) is 15.1. The standard InChI is InChI=1S/C15H25N3O2S/c1-2-16-15-14(10-6-11-17-15)21(19,20)18-12-5-9-13-7-3-4-8-13/h6,10-11,13,18H,2-5,7-9,12H2,1H3,(H,16,17). The number of hydrogen-bond donors (Lipinski definition) is 2. The van der Waals surface area contributed by atoms with Crippen LogP contribution in [0.3, 0.4) is 0 Å². The number of nitrogens with zero attached hydrogens (tertiary/aromatic N) is 1. The average Bonchev–Trinajstić information content (AvgIpc) is 2.98. The first-order chi connectivity index (χ1) is 10.1. The molecule has 1 aliphatic carbocycles. The minimum Gasteiger partial charge on any atom is -0.369 e. The van der Waals surface area contributed by atoms with E-state index >= 15 is 0 Å². The van der Waals surface area contributed by atoms with E-state index in [9.17, 15) is 8.42 Å². The fourth-order valence-corrected chi connectivity index (χ4v) is 4.09. The molecule has 1 aromatic rings. The number of aromatic nitrogens is 1. The van der Waals surface area contributed by atoms with Gasteiger partial charge in [0.1, 0.15) is 10.7 Å². The Morgan fingerprint density at radius 3 is 2.81 bits per heavy atom. The molecule has 0 spiro atoms. The van der Waals surface area contributed by atoms with Crippen molar-refractivity contribution in [1.82, 2.24) is 9.71 Å². The molecule has 0 saturated heterocycles. The van der Waals surface area contributed by atoms with Gasteiger partial charge in [-0.05, 0) is 37.8 Å². The molecule has 1 saturated carbocycles. The van der Waals surface area contributed by atoms with Gasteiger partial charge in [0.15, 0.2) is 0 Å². The molecule has 5 nitrogen and oxygen atoms in total. The minimum absolute atomic E-state index is 0.229. The lowest BCUT2D eigenvalue weighted by molar-refractivity contribution is 0.480. The first-order valence-electron chi connectivity index (χ1n) is 7.82. The highest BCUT2D eigenvalue weighted by Crippen LogP contribution is 2.28. The topological polar surface area (TPSA) is 71.1 Å². The number of pyridine rings is 1. The van der Waals surface area contributed by atoms with Crippen molar-refractivity contribution >= 4 is 15.8 Å². The molecular formula is C15H25N3O2S. The SMILES string of the molecule is CCNc1ncccc1S(=O)(=O)NCCCC1CCCC1. The van der Waals surface area contributed by atoms with Crippen LogP contribution in [0, 0.1) is 5.92 Å². The molecule has 21 heavy (non-hydrogen) atoms. The summed E-state index contributed by atoms with van der Waals surface area (Å²) in [5.41, 5.74) is 0. The molecule has 1 aromatic heterocycles. The summed E-state index contributed by atoms with van der Waals surface area (Å²) in [7, 11) is -3.48. The molecule has 0 unspecified atom stereocenters. The Bertz CT molecular complexity index is 540. The lowest BCUT2D eigenvalue weighted by atomic mass is 10.0. The van der Waals surface area contributed by atoms with Crippen molar-refractivity contribution in [2.45, 2.75) is 50.3 Å². The van der Waals surface area contributed by atoms with Crippen molar-refractivity contribution in [2.75, 3.05) is 18.4 Å². The lowest BCUT2D eigenvalue weighted by Gasteiger charge is -2.12. The van der Waals surface area contributed by atoms with E-state index in [1.165, 1.54) is 25.7 Å². The first kappa shape index (κ1) is 16.2. The van der Waals surface area contributed by atoms with Crippen LogP contribution in [-0.2, 0) is 10.0 Å². The van der Waals surface area contributed by atoms with Crippen LogP contribution in [0.4, 0.5) is 5.82 Å². The van der Waals surface area contributed by atoms with Gasteiger partial charge in [-0.1, -0.05) is 25.7 Å². The zero-order valence-corrected chi connectivity index (χ0v) is 13.5. The number of anilines is 1. The van der Waals surface area contributed by atoms with Crippen LogP contribution in [-0.4, -0.2) is 26.5 Å². The van der Waals surface area contributed by atoms with Crippen LogP contribution in [0.15, 0.2) is 23.2 Å². The molecule has 118 valence electrons. The Hall–Kier alpha value is -1.14. The molecule has 2 N–H and O–H groups in total. The van der Waals surface area contributed by atoms with E-state index in [1.807, 2.05) is 6.92 Å². The maximum absolute atomic E-state index is 12.3. The largest absolute Gasteiger partial charge is 0.369 e. The Balaban J connectivity index is 1.88. The summed E-state index contributed by atoms with van der Waals surface area (Å²) in [6.07, 6.45) is 8.89. The van der Waals surface area contributed by atoms with Crippen LogP contribution >= 0.6 is 0 Å². The summed E-state index contributed by atoms with van der Waals surface area (Å²) >= 11 is 0. The van der Waals surface area contributed by atoms with Crippen LogP contribution in [0.25, 0.3) is 0 Å². The van der Waals surface area contributed by atoms with Crippen LogP contribution in [0.1, 0.15) is 45.4 Å². The third-order valence-electron chi connectivity index (χ3n) is 3.96. The number of nitrogens with one attached hydrogen (secondary N) is 2. The lowest BCUT2D eigenvalue weighted by Crippen LogP contribution is -2.26. The van der Waals surface area contributed by atoms with E-state index in [4.69, 9.17) is 0 Å². The Morgan fingerprint density at radius 1 is 1.33 bits per heavy atom. The van der Waals surface area contributed by atoms with Gasteiger partial charge < -0.3 is 5.32 Å². The molecule has 2 rings (SSSR count). The van der Waals surface area contributed by atoms with Gasteiger partial charge in [0.2, 0.25) is 10.0 Å². The van der Waals surface area contributed by atoms with Gasteiger partial charge >= 0.3 is 0 Å². The quantitative estimate of drug-likeness (QED) is 0.724.